The second-order valence-electron chi connectivity index (χ2n) is 12.1. The molecule has 44 heavy (non-hydrogen) atoms. The molecule has 3 nitrogen and oxygen atoms in total. The Labute approximate surface area is 260 Å². The first-order valence-corrected chi connectivity index (χ1v) is 16.0. The van der Waals surface area contributed by atoms with Crippen molar-refractivity contribution in [2.75, 3.05) is 11.2 Å². The standard InChI is InChI=1S/C40H29NO2S/c1-40(2)34-13-6-7-14-35(34)41(28-11-8-12-29(23-28)44-3)36-18-16-27-19-24(15-17-30(27)37(36)40)20-33-38(42)31-21-25-9-4-5-10-26(25)22-32(31)39(33)43/h4-23H,1-3H3. The van der Waals surface area contributed by atoms with Crippen LogP contribution in [0.1, 0.15) is 51.3 Å². The summed E-state index contributed by atoms with van der Waals surface area (Å²) in [5.74, 6) is -0.413. The molecule has 6 aromatic carbocycles. The molecule has 0 radical (unpaired) electrons. The third-order valence-electron chi connectivity index (χ3n) is 9.19. The van der Waals surface area contributed by atoms with Crippen LogP contribution in [0.25, 0.3) is 27.6 Å². The minimum absolute atomic E-state index is 0.206. The highest BCUT2D eigenvalue weighted by molar-refractivity contribution is 7.98. The predicted molar refractivity (Wildman–Crippen MR) is 183 cm³/mol. The molecule has 0 bridgehead atoms. The average Bonchev–Trinajstić information content (AvgIpc) is 3.27. The van der Waals surface area contributed by atoms with E-state index < -0.39 is 0 Å². The Morgan fingerprint density at radius 3 is 2.09 bits per heavy atom. The van der Waals surface area contributed by atoms with Crippen molar-refractivity contribution < 1.29 is 9.59 Å². The zero-order valence-electron chi connectivity index (χ0n) is 24.7. The maximum Gasteiger partial charge on any atom is 0.197 e. The quantitative estimate of drug-likeness (QED) is 0.117. The smallest absolute Gasteiger partial charge is 0.197 e. The number of thioether (sulfide) groups is 1. The first-order chi connectivity index (χ1) is 21.3. The molecule has 8 rings (SSSR count). The molecule has 0 unspecified atom stereocenters. The molecule has 212 valence electrons. The largest absolute Gasteiger partial charge is 0.310 e. The Kier molecular flexibility index (Phi) is 5.94. The number of para-hydroxylation sites is 1. The summed E-state index contributed by atoms with van der Waals surface area (Å²) >= 11 is 1.74. The van der Waals surface area contributed by atoms with E-state index in [1.165, 1.54) is 21.7 Å². The summed E-state index contributed by atoms with van der Waals surface area (Å²) in [6, 6.07) is 39.5. The van der Waals surface area contributed by atoms with E-state index in [2.05, 4.69) is 97.8 Å². The molecule has 0 atom stereocenters. The van der Waals surface area contributed by atoms with Crippen LogP contribution in [0.3, 0.4) is 0 Å². The lowest BCUT2D eigenvalue weighted by atomic mass is 9.71. The normalized spacial score (nSPS) is 15.0. The molecular weight excluding hydrogens is 559 g/mol. The van der Waals surface area contributed by atoms with Gasteiger partial charge in [-0.25, -0.2) is 0 Å². The van der Waals surface area contributed by atoms with Gasteiger partial charge in [-0.05, 0) is 99.1 Å². The third kappa shape index (κ3) is 3.91. The number of fused-ring (bicyclic) bond motifs is 6. The first kappa shape index (κ1) is 26.7. The van der Waals surface area contributed by atoms with E-state index in [-0.39, 0.29) is 22.6 Å². The highest BCUT2D eigenvalue weighted by atomic mass is 32.2. The van der Waals surface area contributed by atoms with E-state index >= 15 is 0 Å². The Morgan fingerprint density at radius 1 is 0.659 bits per heavy atom. The van der Waals surface area contributed by atoms with Crippen molar-refractivity contribution in [1.29, 1.82) is 0 Å². The predicted octanol–water partition coefficient (Wildman–Crippen LogP) is 10.3. The third-order valence-corrected chi connectivity index (χ3v) is 9.92. The summed E-state index contributed by atoms with van der Waals surface area (Å²) in [5.41, 5.74) is 7.80. The number of carbonyl (C=O) groups excluding carboxylic acids is 2. The van der Waals surface area contributed by atoms with Crippen LogP contribution in [0.5, 0.6) is 0 Å². The average molecular weight is 588 g/mol. The molecule has 6 aromatic rings. The fourth-order valence-electron chi connectivity index (χ4n) is 7.07. The summed E-state index contributed by atoms with van der Waals surface area (Å²) in [6.07, 6.45) is 3.86. The van der Waals surface area contributed by atoms with Gasteiger partial charge in [0.25, 0.3) is 0 Å². The van der Waals surface area contributed by atoms with Crippen molar-refractivity contribution in [3.05, 3.63) is 149 Å². The van der Waals surface area contributed by atoms with E-state index in [0.717, 1.165) is 38.5 Å². The Morgan fingerprint density at radius 2 is 1.36 bits per heavy atom. The number of carbonyl (C=O) groups is 2. The van der Waals surface area contributed by atoms with Gasteiger partial charge in [0.15, 0.2) is 11.6 Å². The van der Waals surface area contributed by atoms with E-state index in [4.69, 9.17) is 0 Å². The van der Waals surface area contributed by atoms with Gasteiger partial charge in [0.05, 0.1) is 16.9 Å². The molecule has 0 saturated carbocycles. The van der Waals surface area contributed by atoms with Crippen LogP contribution in [0.2, 0.25) is 0 Å². The lowest BCUT2D eigenvalue weighted by molar-refractivity contribution is 0.0990. The summed E-state index contributed by atoms with van der Waals surface area (Å²) < 4.78 is 0. The van der Waals surface area contributed by atoms with Gasteiger partial charge in [0.1, 0.15) is 0 Å². The zero-order valence-corrected chi connectivity index (χ0v) is 25.5. The van der Waals surface area contributed by atoms with Crippen molar-refractivity contribution in [2.45, 2.75) is 24.2 Å². The minimum Gasteiger partial charge on any atom is -0.310 e. The fraction of sp³-hybridized carbons (Fsp3) is 0.100. The van der Waals surface area contributed by atoms with Crippen LogP contribution in [-0.2, 0) is 5.41 Å². The van der Waals surface area contributed by atoms with E-state index in [1.54, 1.807) is 17.8 Å². The summed E-state index contributed by atoms with van der Waals surface area (Å²) in [5, 5.41) is 4.16. The number of hydrogen-bond donors (Lipinski definition) is 0. The van der Waals surface area contributed by atoms with Crippen LogP contribution in [0.15, 0.2) is 126 Å². The summed E-state index contributed by atoms with van der Waals surface area (Å²) in [4.78, 5) is 30.5. The number of rotatable bonds is 3. The van der Waals surface area contributed by atoms with Crippen LogP contribution < -0.4 is 4.90 Å². The molecule has 1 aliphatic carbocycles. The van der Waals surface area contributed by atoms with Gasteiger partial charge >= 0.3 is 0 Å². The lowest BCUT2D eigenvalue weighted by Gasteiger charge is -2.42. The van der Waals surface area contributed by atoms with Crippen LogP contribution in [-0.4, -0.2) is 17.8 Å². The van der Waals surface area contributed by atoms with Gasteiger partial charge in [-0.3, -0.25) is 9.59 Å². The Balaban J connectivity index is 1.27. The SMILES string of the molecule is CSc1cccc(N2c3ccccc3C(C)(C)c3c2ccc2cc(C=C4C(=O)c5cc6ccccc6cc5C4=O)ccc32)c1. The van der Waals surface area contributed by atoms with E-state index in [0.29, 0.717) is 11.1 Å². The van der Waals surface area contributed by atoms with Crippen molar-refractivity contribution in [2.24, 2.45) is 0 Å². The molecule has 0 aromatic heterocycles. The van der Waals surface area contributed by atoms with Gasteiger partial charge in [0.2, 0.25) is 0 Å². The number of ketones is 2. The molecule has 0 amide bonds. The number of nitrogens with zero attached hydrogens (tertiary/aromatic N) is 1. The fourth-order valence-corrected chi connectivity index (χ4v) is 7.52. The monoisotopic (exact) mass is 587 g/mol. The van der Waals surface area contributed by atoms with Crippen molar-refractivity contribution in [3.8, 4) is 0 Å². The number of benzene rings is 6. The van der Waals surface area contributed by atoms with Crippen molar-refractivity contribution in [3.63, 3.8) is 0 Å². The summed E-state index contributed by atoms with van der Waals surface area (Å²) in [6.45, 7) is 4.60. The van der Waals surface area contributed by atoms with E-state index in [9.17, 15) is 9.59 Å². The first-order valence-electron chi connectivity index (χ1n) is 14.8. The topological polar surface area (TPSA) is 37.4 Å². The second kappa shape index (κ2) is 9.80. The molecule has 4 heteroatoms. The molecule has 0 N–H and O–H groups in total. The number of allylic oxidation sites excluding steroid dienone is 1. The molecular formula is C40H29NO2S. The maximum atomic E-state index is 13.4. The Hall–Kier alpha value is -4.93. The maximum absolute atomic E-state index is 13.4. The van der Waals surface area contributed by atoms with E-state index in [1.807, 2.05) is 42.5 Å². The Bertz CT molecular complexity index is 2190. The van der Waals surface area contributed by atoms with Crippen molar-refractivity contribution in [1.82, 2.24) is 0 Å². The lowest BCUT2D eigenvalue weighted by Crippen LogP contribution is -2.30. The van der Waals surface area contributed by atoms with Gasteiger partial charge in [-0.2, -0.15) is 0 Å². The highest BCUT2D eigenvalue weighted by Crippen LogP contribution is 2.54. The molecule has 1 heterocycles. The highest BCUT2D eigenvalue weighted by Gasteiger charge is 2.38. The summed E-state index contributed by atoms with van der Waals surface area (Å²) in [7, 11) is 0. The minimum atomic E-state index is -0.250. The number of hydrogen-bond acceptors (Lipinski definition) is 4. The molecule has 0 fully saturated rings. The van der Waals surface area contributed by atoms with Gasteiger partial charge in [0, 0.05) is 27.1 Å². The molecule has 0 saturated heterocycles. The van der Waals surface area contributed by atoms with Gasteiger partial charge in [-0.1, -0.05) is 80.6 Å². The van der Waals surface area contributed by atoms with Crippen molar-refractivity contribution >= 4 is 68.0 Å². The zero-order chi connectivity index (χ0) is 30.2. The molecule has 2 aliphatic rings. The van der Waals surface area contributed by atoms with Crippen LogP contribution >= 0.6 is 11.8 Å². The van der Waals surface area contributed by atoms with Crippen LogP contribution in [0, 0.1) is 0 Å². The second-order valence-corrected chi connectivity index (χ2v) is 13.0. The number of Topliss-reactive ketones (excluding diaryl/α,β-unsaturated/α-hetero) is 2. The molecule has 0 spiro atoms. The van der Waals surface area contributed by atoms with Crippen LogP contribution in [0.4, 0.5) is 17.1 Å². The number of anilines is 3. The van der Waals surface area contributed by atoms with Gasteiger partial charge in [-0.15, -0.1) is 11.8 Å². The molecule has 1 aliphatic heterocycles. The van der Waals surface area contributed by atoms with Gasteiger partial charge < -0.3 is 4.90 Å².